The van der Waals surface area contributed by atoms with Crippen LogP contribution < -0.4 is 0 Å². The maximum absolute atomic E-state index is 2.56. The fourth-order valence-electron chi connectivity index (χ4n) is 2.67. The molecule has 2 aliphatic heterocycles. The number of piperidine rings is 1. The van der Waals surface area contributed by atoms with E-state index in [1.54, 1.807) is 0 Å². The molecule has 0 aromatic heterocycles. The Morgan fingerprint density at radius 1 is 1.08 bits per heavy atom. The van der Waals surface area contributed by atoms with Crippen LogP contribution in [0.5, 0.6) is 0 Å². The van der Waals surface area contributed by atoms with Gasteiger partial charge in [0, 0.05) is 13.1 Å². The van der Waals surface area contributed by atoms with Gasteiger partial charge in [-0.3, -0.25) is 0 Å². The summed E-state index contributed by atoms with van der Waals surface area (Å²) in [7, 11) is 2.25. The quantitative estimate of drug-likeness (QED) is 0.635. The lowest BCUT2D eigenvalue weighted by molar-refractivity contribution is 0.0360. The second-order valence-corrected chi connectivity index (χ2v) is 4.75. The van der Waals surface area contributed by atoms with Crippen LogP contribution in [0.3, 0.4) is 0 Å². The van der Waals surface area contributed by atoms with Crippen molar-refractivity contribution in [1.82, 2.24) is 9.80 Å². The number of likely N-dealkylation sites (tertiary alicyclic amines) is 2. The van der Waals surface area contributed by atoms with Gasteiger partial charge >= 0.3 is 0 Å². The van der Waals surface area contributed by atoms with Gasteiger partial charge in [0.15, 0.2) is 0 Å². The van der Waals surface area contributed by atoms with Crippen LogP contribution in [0.2, 0.25) is 0 Å². The maximum Gasteiger partial charge on any atom is 0.00246 e. The summed E-state index contributed by atoms with van der Waals surface area (Å²) in [4.78, 5) is 5.02. The molecule has 0 spiro atoms. The van der Waals surface area contributed by atoms with Gasteiger partial charge in [-0.25, -0.2) is 0 Å². The van der Waals surface area contributed by atoms with Gasteiger partial charge < -0.3 is 9.80 Å². The van der Waals surface area contributed by atoms with Crippen molar-refractivity contribution >= 4 is 0 Å². The van der Waals surface area contributed by atoms with E-state index >= 15 is 0 Å². The van der Waals surface area contributed by atoms with Crippen molar-refractivity contribution in [3.63, 3.8) is 0 Å². The normalized spacial score (nSPS) is 29.1. The van der Waals surface area contributed by atoms with E-state index in [0.717, 1.165) is 11.8 Å². The highest BCUT2D eigenvalue weighted by molar-refractivity contribution is 4.86. The minimum Gasteiger partial charge on any atom is -0.306 e. The molecule has 0 aromatic rings. The molecule has 2 heterocycles. The van der Waals surface area contributed by atoms with E-state index in [1.807, 2.05) is 0 Å². The van der Waals surface area contributed by atoms with Gasteiger partial charge in [-0.05, 0) is 51.4 Å². The first-order valence-electron chi connectivity index (χ1n) is 5.70. The molecule has 0 bridgehead atoms. The lowest BCUT2D eigenvalue weighted by Gasteiger charge is -2.45. The topological polar surface area (TPSA) is 6.48 Å². The molecule has 0 aromatic carbocycles. The molecule has 2 nitrogen and oxygen atoms in total. The second-order valence-electron chi connectivity index (χ2n) is 4.75. The van der Waals surface area contributed by atoms with Crippen molar-refractivity contribution in [3.05, 3.63) is 0 Å². The summed E-state index contributed by atoms with van der Waals surface area (Å²) in [6, 6.07) is 0. The molecule has 2 rings (SSSR count). The van der Waals surface area contributed by atoms with Crippen LogP contribution in [0.25, 0.3) is 0 Å². The van der Waals surface area contributed by atoms with E-state index in [2.05, 4.69) is 23.8 Å². The van der Waals surface area contributed by atoms with Crippen LogP contribution in [-0.4, -0.2) is 49.6 Å². The predicted molar refractivity (Wildman–Crippen MR) is 55.8 cm³/mol. The second kappa shape index (κ2) is 3.97. The van der Waals surface area contributed by atoms with Crippen molar-refractivity contribution in [2.45, 2.75) is 19.8 Å². The summed E-state index contributed by atoms with van der Waals surface area (Å²) in [5.41, 5.74) is 0. The summed E-state index contributed by atoms with van der Waals surface area (Å²) >= 11 is 0. The lowest BCUT2D eigenvalue weighted by Crippen LogP contribution is -2.51. The molecule has 0 radical (unpaired) electrons. The standard InChI is InChI=1S/C11H22N2/c1-3-13-8-11(9-13)10-4-6-12(2)7-5-10/h10-11H,3-9H2,1-2H3. The van der Waals surface area contributed by atoms with Crippen molar-refractivity contribution < 1.29 is 0 Å². The number of nitrogens with zero attached hydrogens (tertiary/aromatic N) is 2. The van der Waals surface area contributed by atoms with Crippen LogP contribution in [-0.2, 0) is 0 Å². The highest BCUT2D eigenvalue weighted by atomic mass is 15.2. The minimum absolute atomic E-state index is 1.04. The molecule has 0 unspecified atom stereocenters. The Labute approximate surface area is 81.9 Å². The van der Waals surface area contributed by atoms with Gasteiger partial charge in [0.05, 0.1) is 0 Å². The summed E-state index contributed by atoms with van der Waals surface area (Å²) in [6.07, 6.45) is 2.89. The Kier molecular flexibility index (Phi) is 2.89. The first kappa shape index (κ1) is 9.47. The van der Waals surface area contributed by atoms with Gasteiger partial charge in [0.25, 0.3) is 0 Å². The molecular formula is C11H22N2. The summed E-state index contributed by atoms with van der Waals surface area (Å²) < 4.78 is 0. The molecule has 2 aliphatic rings. The Bertz CT molecular complexity index is 155. The Morgan fingerprint density at radius 2 is 1.69 bits per heavy atom. The summed E-state index contributed by atoms with van der Waals surface area (Å²) in [5.74, 6) is 2.08. The zero-order valence-corrected chi connectivity index (χ0v) is 9.00. The minimum atomic E-state index is 1.04. The average Bonchev–Trinajstić information content (AvgIpc) is 2.06. The van der Waals surface area contributed by atoms with Gasteiger partial charge in [0.2, 0.25) is 0 Å². The molecule has 0 N–H and O–H groups in total. The largest absolute Gasteiger partial charge is 0.306 e. The smallest absolute Gasteiger partial charge is 0.00246 e. The third-order valence-electron chi connectivity index (χ3n) is 3.86. The Hall–Kier alpha value is -0.0800. The van der Waals surface area contributed by atoms with Crippen LogP contribution in [0.4, 0.5) is 0 Å². The average molecular weight is 182 g/mol. The van der Waals surface area contributed by atoms with E-state index in [9.17, 15) is 0 Å². The van der Waals surface area contributed by atoms with Crippen molar-refractivity contribution in [3.8, 4) is 0 Å². The Balaban J connectivity index is 1.71. The first-order valence-corrected chi connectivity index (χ1v) is 5.70. The molecular weight excluding hydrogens is 160 g/mol. The fourth-order valence-corrected chi connectivity index (χ4v) is 2.67. The van der Waals surface area contributed by atoms with E-state index in [0.29, 0.717) is 0 Å². The number of hydrogen-bond donors (Lipinski definition) is 0. The van der Waals surface area contributed by atoms with E-state index in [-0.39, 0.29) is 0 Å². The van der Waals surface area contributed by atoms with Crippen molar-refractivity contribution in [2.75, 3.05) is 39.8 Å². The van der Waals surface area contributed by atoms with E-state index < -0.39 is 0 Å². The van der Waals surface area contributed by atoms with Crippen LogP contribution in [0, 0.1) is 11.8 Å². The molecule has 2 saturated heterocycles. The zero-order valence-electron chi connectivity index (χ0n) is 9.00. The maximum atomic E-state index is 2.56. The molecule has 0 saturated carbocycles. The van der Waals surface area contributed by atoms with Crippen LogP contribution >= 0.6 is 0 Å². The third kappa shape index (κ3) is 2.05. The predicted octanol–water partition coefficient (Wildman–Crippen LogP) is 1.28. The lowest BCUT2D eigenvalue weighted by atomic mass is 9.80. The molecule has 76 valence electrons. The number of rotatable bonds is 2. The van der Waals surface area contributed by atoms with Crippen molar-refractivity contribution in [2.24, 2.45) is 11.8 Å². The van der Waals surface area contributed by atoms with Gasteiger partial charge in [-0.2, -0.15) is 0 Å². The van der Waals surface area contributed by atoms with Gasteiger partial charge in [-0.1, -0.05) is 6.92 Å². The summed E-state index contributed by atoms with van der Waals surface area (Å²) in [6.45, 7) is 8.93. The van der Waals surface area contributed by atoms with Crippen LogP contribution in [0.15, 0.2) is 0 Å². The van der Waals surface area contributed by atoms with E-state index in [1.165, 1.54) is 45.6 Å². The number of hydrogen-bond acceptors (Lipinski definition) is 2. The molecule has 0 atom stereocenters. The zero-order chi connectivity index (χ0) is 9.26. The SMILES string of the molecule is CCN1CC(C2CCN(C)CC2)C1. The van der Waals surface area contributed by atoms with Crippen molar-refractivity contribution in [1.29, 1.82) is 0 Å². The first-order chi connectivity index (χ1) is 6.29. The molecule has 2 fully saturated rings. The highest BCUT2D eigenvalue weighted by Gasteiger charge is 2.33. The van der Waals surface area contributed by atoms with E-state index in [4.69, 9.17) is 0 Å². The molecule has 13 heavy (non-hydrogen) atoms. The van der Waals surface area contributed by atoms with Gasteiger partial charge in [0.1, 0.15) is 0 Å². The molecule has 0 aliphatic carbocycles. The third-order valence-corrected chi connectivity index (χ3v) is 3.86. The monoisotopic (exact) mass is 182 g/mol. The highest BCUT2D eigenvalue weighted by Crippen LogP contribution is 2.30. The fraction of sp³-hybridized carbons (Fsp3) is 1.00. The molecule has 2 heteroatoms. The van der Waals surface area contributed by atoms with Gasteiger partial charge in [-0.15, -0.1) is 0 Å². The molecule has 0 amide bonds. The summed E-state index contributed by atoms with van der Waals surface area (Å²) in [5, 5.41) is 0. The van der Waals surface area contributed by atoms with Crippen LogP contribution in [0.1, 0.15) is 19.8 Å². The Morgan fingerprint density at radius 3 is 2.23 bits per heavy atom.